The molecule has 0 saturated carbocycles. The van der Waals surface area contributed by atoms with E-state index in [0.29, 0.717) is 24.8 Å². The second-order valence-electron chi connectivity index (χ2n) is 4.90. The molecule has 0 N–H and O–H groups in total. The molecule has 1 aromatic rings. The zero-order chi connectivity index (χ0) is 13.5. The van der Waals surface area contributed by atoms with E-state index in [-0.39, 0.29) is 5.78 Å². The van der Waals surface area contributed by atoms with Crippen LogP contribution in [0.15, 0.2) is 18.2 Å². The average molecular weight is 269 g/mol. The molecule has 3 heteroatoms. The van der Waals surface area contributed by atoms with Crippen LogP contribution in [0.4, 0.5) is 0 Å². The molecule has 0 heterocycles. The van der Waals surface area contributed by atoms with Gasteiger partial charge >= 0.3 is 0 Å². The van der Waals surface area contributed by atoms with Crippen molar-refractivity contribution in [3.8, 4) is 5.75 Å². The van der Waals surface area contributed by atoms with Gasteiger partial charge in [-0.05, 0) is 43.0 Å². The summed E-state index contributed by atoms with van der Waals surface area (Å²) in [5.41, 5.74) is 1.75. The first-order valence-corrected chi connectivity index (χ1v) is 6.90. The van der Waals surface area contributed by atoms with Crippen molar-refractivity contribution in [3.63, 3.8) is 0 Å². The van der Waals surface area contributed by atoms with Crippen molar-refractivity contribution < 1.29 is 9.53 Å². The van der Waals surface area contributed by atoms with Crippen LogP contribution >= 0.6 is 11.6 Å². The van der Waals surface area contributed by atoms with E-state index in [0.717, 1.165) is 23.3 Å². The molecular formula is C15H21ClO2. The van der Waals surface area contributed by atoms with Gasteiger partial charge in [0.15, 0.2) is 5.78 Å². The van der Waals surface area contributed by atoms with Crippen LogP contribution in [0, 0.1) is 12.8 Å². The summed E-state index contributed by atoms with van der Waals surface area (Å²) in [5, 5.41) is 0. The lowest BCUT2D eigenvalue weighted by atomic mass is 10.0. The summed E-state index contributed by atoms with van der Waals surface area (Å²) in [6.45, 7) is 6.88. The molecule has 0 radical (unpaired) electrons. The van der Waals surface area contributed by atoms with Gasteiger partial charge in [-0.1, -0.05) is 13.8 Å². The predicted molar refractivity (Wildman–Crippen MR) is 75.8 cm³/mol. The fraction of sp³-hybridized carbons (Fsp3) is 0.533. The molecule has 0 aliphatic heterocycles. The van der Waals surface area contributed by atoms with Crippen LogP contribution < -0.4 is 4.74 Å². The molecule has 0 atom stereocenters. The second kappa shape index (κ2) is 7.42. The van der Waals surface area contributed by atoms with E-state index in [1.54, 1.807) is 0 Å². The number of hydrogen-bond donors (Lipinski definition) is 0. The molecule has 0 fully saturated rings. The van der Waals surface area contributed by atoms with E-state index in [9.17, 15) is 4.79 Å². The minimum Gasteiger partial charge on any atom is -0.493 e. The third-order valence-electron chi connectivity index (χ3n) is 2.61. The van der Waals surface area contributed by atoms with E-state index >= 15 is 0 Å². The highest BCUT2D eigenvalue weighted by Crippen LogP contribution is 2.21. The highest BCUT2D eigenvalue weighted by Gasteiger charge is 2.08. The van der Waals surface area contributed by atoms with Crippen LogP contribution in [0.5, 0.6) is 5.75 Å². The Kier molecular flexibility index (Phi) is 6.20. The molecule has 2 nitrogen and oxygen atoms in total. The molecule has 100 valence electrons. The normalized spacial score (nSPS) is 10.7. The van der Waals surface area contributed by atoms with Crippen molar-refractivity contribution in [1.82, 2.24) is 0 Å². The largest absolute Gasteiger partial charge is 0.493 e. The number of alkyl halides is 1. The van der Waals surface area contributed by atoms with E-state index < -0.39 is 0 Å². The predicted octanol–water partition coefficient (Wildman–Crippen LogP) is 4.23. The smallest absolute Gasteiger partial charge is 0.162 e. The first-order valence-electron chi connectivity index (χ1n) is 6.37. The number of benzene rings is 1. The van der Waals surface area contributed by atoms with Gasteiger partial charge in [0.2, 0.25) is 0 Å². The Morgan fingerprint density at radius 2 is 2.11 bits per heavy atom. The quantitative estimate of drug-likeness (QED) is 0.546. The zero-order valence-electron chi connectivity index (χ0n) is 11.3. The highest BCUT2D eigenvalue weighted by molar-refractivity contribution is 6.18. The lowest BCUT2D eigenvalue weighted by Crippen LogP contribution is -2.06. The Balaban J connectivity index is 2.69. The van der Waals surface area contributed by atoms with E-state index in [2.05, 4.69) is 13.8 Å². The van der Waals surface area contributed by atoms with Crippen molar-refractivity contribution in [2.24, 2.45) is 5.92 Å². The van der Waals surface area contributed by atoms with Crippen LogP contribution in [0.25, 0.3) is 0 Å². The standard InChI is InChI=1S/C15H21ClO2/c1-11(2)10-18-15-7-6-13(9-12(15)3)14(17)5-4-8-16/h6-7,9,11H,4-5,8,10H2,1-3H3. The topological polar surface area (TPSA) is 26.3 Å². The van der Waals surface area contributed by atoms with Crippen LogP contribution in [0.1, 0.15) is 42.6 Å². The molecule has 0 amide bonds. The molecule has 0 unspecified atom stereocenters. The van der Waals surface area contributed by atoms with Gasteiger partial charge in [-0.15, -0.1) is 11.6 Å². The number of ketones is 1. The van der Waals surface area contributed by atoms with E-state index in [1.807, 2.05) is 25.1 Å². The number of ether oxygens (including phenoxy) is 1. The third kappa shape index (κ3) is 4.69. The lowest BCUT2D eigenvalue weighted by Gasteiger charge is -2.12. The maximum absolute atomic E-state index is 11.8. The minimum absolute atomic E-state index is 0.147. The molecule has 18 heavy (non-hydrogen) atoms. The van der Waals surface area contributed by atoms with Crippen LogP contribution in [-0.2, 0) is 0 Å². The van der Waals surface area contributed by atoms with Crippen molar-refractivity contribution in [3.05, 3.63) is 29.3 Å². The van der Waals surface area contributed by atoms with E-state index in [1.165, 1.54) is 0 Å². The summed E-state index contributed by atoms with van der Waals surface area (Å²) in [5.74, 6) is 2.03. The summed E-state index contributed by atoms with van der Waals surface area (Å²) < 4.78 is 5.68. The van der Waals surface area contributed by atoms with Crippen molar-refractivity contribution >= 4 is 17.4 Å². The van der Waals surface area contributed by atoms with Crippen molar-refractivity contribution in [2.75, 3.05) is 12.5 Å². The first kappa shape index (κ1) is 15.0. The minimum atomic E-state index is 0.147. The van der Waals surface area contributed by atoms with Gasteiger partial charge in [0.25, 0.3) is 0 Å². The van der Waals surface area contributed by atoms with Gasteiger partial charge in [0.1, 0.15) is 5.75 Å². The SMILES string of the molecule is Cc1cc(C(=O)CCCCl)ccc1OCC(C)C. The fourth-order valence-corrected chi connectivity index (χ4v) is 1.75. The van der Waals surface area contributed by atoms with Gasteiger partial charge in [-0.25, -0.2) is 0 Å². The van der Waals surface area contributed by atoms with Gasteiger partial charge in [-0.2, -0.15) is 0 Å². The molecule has 0 aliphatic rings. The van der Waals surface area contributed by atoms with Crippen LogP contribution in [0.2, 0.25) is 0 Å². The summed E-state index contributed by atoms with van der Waals surface area (Å²) in [6, 6.07) is 5.61. The maximum Gasteiger partial charge on any atom is 0.162 e. The number of rotatable bonds is 7. The number of carbonyl (C=O) groups is 1. The number of hydrogen-bond acceptors (Lipinski definition) is 2. The molecular weight excluding hydrogens is 248 g/mol. The Morgan fingerprint density at radius 3 is 2.67 bits per heavy atom. The molecule has 1 aromatic carbocycles. The van der Waals surface area contributed by atoms with Gasteiger partial charge < -0.3 is 4.74 Å². The zero-order valence-corrected chi connectivity index (χ0v) is 12.1. The number of Topliss-reactive ketones (excluding diaryl/α,β-unsaturated/α-hetero) is 1. The first-order chi connectivity index (χ1) is 8.54. The van der Waals surface area contributed by atoms with Crippen LogP contribution in [-0.4, -0.2) is 18.3 Å². The molecule has 0 bridgehead atoms. The number of halogens is 1. The van der Waals surface area contributed by atoms with E-state index in [4.69, 9.17) is 16.3 Å². The van der Waals surface area contributed by atoms with Gasteiger partial charge in [0.05, 0.1) is 6.61 Å². The third-order valence-corrected chi connectivity index (χ3v) is 2.87. The van der Waals surface area contributed by atoms with Gasteiger partial charge in [0, 0.05) is 17.9 Å². The molecule has 0 aliphatic carbocycles. The Labute approximate surface area is 114 Å². The summed E-state index contributed by atoms with van der Waals surface area (Å²) in [6.07, 6.45) is 1.24. The summed E-state index contributed by atoms with van der Waals surface area (Å²) in [7, 11) is 0. The molecule has 0 spiro atoms. The van der Waals surface area contributed by atoms with Gasteiger partial charge in [-0.3, -0.25) is 4.79 Å². The summed E-state index contributed by atoms with van der Waals surface area (Å²) in [4.78, 5) is 11.8. The van der Waals surface area contributed by atoms with Crippen LogP contribution in [0.3, 0.4) is 0 Å². The molecule has 0 aromatic heterocycles. The average Bonchev–Trinajstić information content (AvgIpc) is 2.34. The second-order valence-corrected chi connectivity index (χ2v) is 5.28. The Hall–Kier alpha value is -1.02. The fourth-order valence-electron chi connectivity index (χ4n) is 1.61. The number of aryl methyl sites for hydroxylation is 1. The Morgan fingerprint density at radius 1 is 1.39 bits per heavy atom. The van der Waals surface area contributed by atoms with Crippen molar-refractivity contribution in [1.29, 1.82) is 0 Å². The number of carbonyl (C=O) groups excluding carboxylic acids is 1. The molecule has 0 saturated heterocycles. The monoisotopic (exact) mass is 268 g/mol. The Bertz CT molecular complexity index is 399. The van der Waals surface area contributed by atoms with Crippen molar-refractivity contribution in [2.45, 2.75) is 33.6 Å². The molecule has 1 rings (SSSR count). The lowest BCUT2D eigenvalue weighted by molar-refractivity contribution is 0.0982. The summed E-state index contributed by atoms with van der Waals surface area (Å²) >= 11 is 5.59. The maximum atomic E-state index is 11.8. The highest BCUT2D eigenvalue weighted by atomic mass is 35.5.